The van der Waals surface area contributed by atoms with Crippen molar-refractivity contribution in [3.8, 4) is 5.88 Å². The first-order chi connectivity index (χ1) is 17.2. The molecule has 10 nitrogen and oxygen atoms in total. The van der Waals surface area contributed by atoms with Gasteiger partial charge in [0.15, 0.2) is 0 Å². The van der Waals surface area contributed by atoms with Crippen molar-refractivity contribution in [1.29, 1.82) is 0 Å². The molecule has 3 aromatic rings. The molecule has 0 aromatic carbocycles. The molecule has 3 heterocycles. The van der Waals surface area contributed by atoms with Crippen LogP contribution < -0.4 is 10.1 Å². The van der Waals surface area contributed by atoms with E-state index >= 15 is 0 Å². The van der Waals surface area contributed by atoms with Crippen LogP contribution in [0.2, 0.25) is 0 Å². The van der Waals surface area contributed by atoms with E-state index in [-0.39, 0.29) is 48.4 Å². The van der Waals surface area contributed by atoms with Crippen LogP contribution in [0.1, 0.15) is 51.0 Å². The van der Waals surface area contributed by atoms with Crippen LogP contribution in [-0.2, 0) is 31.1 Å². The number of nitrogens with zero attached hydrogens (tertiary/aromatic N) is 5. The number of aromatic carboxylic acids is 1. The van der Waals surface area contributed by atoms with Crippen LogP contribution in [0.3, 0.4) is 0 Å². The van der Waals surface area contributed by atoms with Crippen molar-refractivity contribution in [1.82, 2.24) is 24.5 Å². The van der Waals surface area contributed by atoms with Crippen molar-refractivity contribution in [3.05, 3.63) is 33.3 Å². The number of carboxylic acid groups (broad SMARTS) is 1. The van der Waals surface area contributed by atoms with Crippen molar-refractivity contribution < 1.29 is 32.6 Å². The van der Waals surface area contributed by atoms with E-state index in [1.165, 1.54) is 28.4 Å². The van der Waals surface area contributed by atoms with Crippen LogP contribution in [0.15, 0.2) is 12.4 Å². The van der Waals surface area contributed by atoms with Crippen LogP contribution in [0.25, 0.3) is 0 Å². The number of aryl methyl sites for hydroxylation is 2. The molecule has 0 amide bonds. The SMILES string of the molecule is Cn1nc(OC(F)F)cc1Nc1nncn1[C@H]1CCc2sc(CC(=O)C3CC(F)C3)c(C(=O)O)c2C1. The lowest BCUT2D eigenvalue weighted by Crippen LogP contribution is -2.32. The highest BCUT2D eigenvalue weighted by molar-refractivity contribution is 7.12. The van der Waals surface area contributed by atoms with Crippen molar-refractivity contribution in [2.24, 2.45) is 13.0 Å². The summed E-state index contributed by atoms with van der Waals surface area (Å²) < 4.78 is 45.6. The topological polar surface area (TPSA) is 124 Å². The molecule has 0 unspecified atom stereocenters. The summed E-state index contributed by atoms with van der Waals surface area (Å²) in [5, 5.41) is 24.9. The number of ketones is 1. The zero-order valence-electron chi connectivity index (χ0n) is 19.2. The Bertz CT molecular complexity index is 1300. The standard InChI is InChI=1S/C22H23F3N6O4S/c1-30-17(8-18(29-30)35-21(24)25)27-22-28-26-9-31(22)12-2-3-15-13(6-12)19(20(33)34)16(36-15)7-14(32)10-4-11(23)5-10/h8-12,21H,2-7H2,1H3,(H,27,28)(H,33,34)/t10?,11?,12-/m0/s1. The molecular formula is C22H23F3N6O4S. The van der Waals surface area contributed by atoms with E-state index in [2.05, 4.69) is 25.3 Å². The Hall–Kier alpha value is -3.42. The third-order valence-electron chi connectivity index (χ3n) is 6.67. The molecule has 0 saturated heterocycles. The molecule has 1 atom stereocenters. The van der Waals surface area contributed by atoms with E-state index in [1.807, 2.05) is 0 Å². The second-order valence-electron chi connectivity index (χ2n) is 8.97. The predicted octanol–water partition coefficient (Wildman–Crippen LogP) is 3.71. The third-order valence-corrected chi connectivity index (χ3v) is 7.96. The molecule has 5 rings (SSSR count). The molecule has 0 aliphatic heterocycles. The summed E-state index contributed by atoms with van der Waals surface area (Å²) in [6.45, 7) is -3.00. The summed E-state index contributed by atoms with van der Waals surface area (Å²) in [7, 11) is 1.55. The van der Waals surface area contributed by atoms with Crippen LogP contribution in [-0.4, -0.2) is 54.2 Å². The molecule has 0 spiro atoms. The summed E-state index contributed by atoms with van der Waals surface area (Å²) in [6, 6.07) is 1.14. The summed E-state index contributed by atoms with van der Waals surface area (Å²) in [5.74, 6) is -1.10. The first-order valence-electron chi connectivity index (χ1n) is 11.4. The minimum atomic E-state index is -3.00. The number of Topliss-reactive ketones (excluding diaryl/α,β-unsaturated/α-hetero) is 1. The molecular weight excluding hydrogens is 501 g/mol. The Morgan fingerprint density at radius 3 is 2.83 bits per heavy atom. The van der Waals surface area contributed by atoms with Gasteiger partial charge in [0.05, 0.1) is 5.56 Å². The molecule has 2 aliphatic carbocycles. The summed E-state index contributed by atoms with van der Waals surface area (Å²) >= 11 is 1.35. The van der Waals surface area contributed by atoms with Crippen molar-refractivity contribution in [2.75, 3.05) is 5.32 Å². The molecule has 2 N–H and O–H groups in total. The first-order valence-corrected chi connectivity index (χ1v) is 12.2. The van der Waals surface area contributed by atoms with Gasteiger partial charge >= 0.3 is 12.6 Å². The molecule has 0 radical (unpaired) electrons. The van der Waals surface area contributed by atoms with E-state index < -0.39 is 18.8 Å². The number of nitrogens with one attached hydrogen (secondary N) is 1. The highest BCUT2D eigenvalue weighted by Crippen LogP contribution is 2.40. The van der Waals surface area contributed by atoms with Gasteiger partial charge in [-0.05, 0) is 37.7 Å². The van der Waals surface area contributed by atoms with E-state index in [0.29, 0.717) is 41.5 Å². The lowest BCUT2D eigenvalue weighted by molar-refractivity contribution is -0.126. The fourth-order valence-corrected chi connectivity index (χ4v) is 6.12. The van der Waals surface area contributed by atoms with Gasteiger partial charge in [-0.15, -0.1) is 26.6 Å². The van der Waals surface area contributed by atoms with Crippen LogP contribution in [0.5, 0.6) is 5.88 Å². The number of aromatic nitrogens is 5. The van der Waals surface area contributed by atoms with E-state index in [1.54, 1.807) is 11.6 Å². The predicted molar refractivity (Wildman–Crippen MR) is 122 cm³/mol. The maximum absolute atomic E-state index is 13.2. The van der Waals surface area contributed by atoms with E-state index in [0.717, 1.165) is 4.88 Å². The molecule has 0 bridgehead atoms. The summed E-state index contributed by atoms with van der Waals surface area (Å²) in [4.78, 5) is 26.2. The van der Waals surface area contributed by atoms with Gasteiger partial charge in [-0.25, -0.2) is 13.9 Å². The highest BCUT2D eigenvalue weighted by Gasteiger charge is 2.36. The first kappa shape index (κ1) is 24.3. The quantitative estimate of drug-likeness (QED) is 0.434. The molecule has 2 aliphatic rings. The molecule has 1 fully saturated rings. The maximum Gasteiger partial charge on any atom is 0.388 e. The van der Waals surface area contributed by atoms with Gasteiger partial charge in [-0.3, -0.25) is 9.36 Å². The zero-order chi connectivity index (χ0) is 25.6. The average Bonchev–Trinajstić information content (AvgIpc) is 3.47. The Morgan fingerprint density at radius 1 is 1.36 bits per heavy atom. The Kier molecular flexibility index (Phi) is 6.45. The number of hydrogen-bond acceptors (Lipinski definition) is 8. The lowest BCUT2D eigenvalue weighted by atomic mass is 9.79. The van der Waals surface area contributed by atoms with Crippen molar-refractivity contribution in [3.63, 3.8) is 0 Å². The number of fused-ring (bicyclic) bond motifs is 1. The smallest absolute Gasteiger partial charge is 0.388 e. The number of hydrogen-bond donors (Lipinski definition) is 2. The number of carbonyl (C=O) groups excluding carboxylic acids is 1. The lowest BCUT2D eigenvalue weighted by Gasteiger charge is -2.28. The normalized spacial score (nSPS) is 21.2. The van der Waals surface area contributed by atoms with E-state index in [9.17, 15) is 27.9 Å². The monoisotopic (exact) mass is 524 g/mol. The van der Waals surface area contributed by atoms with Gasteiger partial charge < -0.3 is 15.2 Å². The van der Waals surface area contributed by atoms with Gasteiger partial charge in [-0.2, -0.15) is 8.78 Å². The fraction of sp³-hybridized carbons (Fsp3) is 0.500. The average molecular weight is 525 g/mol. The minimum absolute atomic E-state index is 0.00427. The van der Waals surface area contributed by atoms with Crippen LogP contribution in [0.4, 0.5) is 24.9 Å². The number of anilines is 2. The Balaban J connectivity index is 1.35. The Morgan fingerprint density at radius 2 is 2.14 bits per heavy atom. The number of alkyl halides is 3. The number of carboxylic acids is 1. The van der Waals surface area contributed by atoms with Crippen molar-refractivity contribution >= 4 is 34.9 Å². The van der Waals surface area contributed by atoms with Gasteiger partial charge in [-0.1, -0.05) is 0 Å². The number of thiophene rings is 1. The molecule has 192 valence electrons. The zero-order valence-corrected chi connectivity index (χ0v) is 20.0. The van der Waals surface area contributed by atoms with Crippen LogP contribution in [0, 0.1) is 5.92 Å². The van der Waals surface area contributed by atoms with Gasteiger partial charge in [0.2, 0.25) is 11.8 Å². The van der Waals surface area contributed by atoms with Gasteiger partial charge in [0.1, 0.15) is 24.1 Å². The van der Waals surface area contributed by atoms with Crippen LogP contribution >= 0.6 is 11.3 Å². The van der Waals surface area contributed by atoms with E-state index in [4.69, 9.17) is 0 Å². The molecule has 1 saturated carbocycles. The summed E-state index contributed by atoms with van der Waals surface area (Å²) in [5.41, 5.74) is 0.850. The molecule has 36 heavy (non-hydrogen) atoms. The molecule has 3 aromatic heterocycles. The van der Waals surface area contributed by atoms with Gasteiger partial charge in [0, 0.05) is 41.2 Å². The largest absolute Gasteiger partial charge is 0.478 e. The second kappa shape index (κ2) is 9.56. The minimum Gasteiger partial charge on any atom is -0.478 e. The number of ether oxygens (including phenoxy) is 1. The fourth-order valence-electron chi connectivity index (χ4n) is 4.77. The molecule has 14 heteroatoms. The Labute approximate surface area is 207 Å². The summed E-state index contributed by atoms with van der Waals surface area (Å²) in [6.07, 6.45) is 2.70. The third kappa shape index (κ3) is 4.68. The van der Waals surface area contributed by atoms with Crippen molar-refractivity contribution in [2.45, 2.75) is 57.3 Å². The maximum atomic E-state index is 13.2. The second-order valence-corrected chi connectivity index (χ2v) is 10.2. The number of carbonyl (C=O) groups is 2. The van der Waals surface area contributed by atoms with Gasteiger partial charge in [0.25, 0.3) is 0 Å². The highest BCUT2D eigenvalue weighted by atomic mass is 32.1. The number of halogens is 3. The number of rotatable bonds is 9.